The molecule has 8 nitrogen and oxygen atoms in total. The summed E-state index contributed by atoms with van der Waals surface area (Å²) < 4.78 is 27.2. The third-order valence-electron chi connectivity index (χ3n) is 5.24. The van der Waals surface area contributed by atoms with Gasteiger partial charge in [-0.25, -0.2) is 23.4 Å². The number of nitrogens with zero attached hydrogens (tertiary/aromatic N) is 5. The van der Waals surface area contributed by atoms with Crippen molar-refractivity contribution in [3.05, 3.63) is 53.3 Å². The molecular formula is C21H23N5O3S2. The second-order valence-electron chi connectivity index (χ2n) is 7.05. The molecule has 0 aliphatic carbocycles. The number of aryl methyl sites for hydroxylation is 1. The molecule has 0 unspecified atom stereocenters. The molecule has 0 N–H and O–H groups in total. The van der Waals surface area contributed by atoms with Crippen molar-refractivity contribution in [2.45, 2.75) is 31.6 Å². The lowest BCUT2D eigenvalue weighted by Crippen LogP contribution is -2.36. The Kier molecular flexibility index (Phi) is 6.12. The number of hydrogen-bond donors (Lipinski definition) is 0. The summed E-state index contributed by atoms with van der Waals surface area (Å²) in [5, 5.41) is 2.29. The van der Waals surface area contributed by atoms with Gasteiger partial charge in [-0.05, 0) is 42.7 Å². The third-order valence-corrected chi connectivity index (χ3v) is 8.12. The first kappa shape index (κ1) is 21.5. The zero-order valence-electron chi connectivity index (χ0n) is 17.4. The standard InChI is InChI=1S/C21H23N5O3S2/c1-3-25(4-2)31(28,29)16-8-9-18-15(13-16)7-5-12-26(18)21(27)17-14-30-20(24-17)19-22-10-6-11-23-19/h6,8-11,13-14H,3-5,7,12H2,1-2H3. The normalized spacial score (nSPS) is 14.0. The summed E-state index contributed by atoms with van der Waals surface area (Å²) in [5.41, 5.74) is 1.93. The second-order valence-corrected chi connectivity index (χ2v) is 9.85. The highest BCUT2D eigenvalue weighted by Crippen LogP contribution is 2.32. The molecule has 0 bridgehead atoms. The van der Waals surface area contributed by atoms with Crippen LogP contribution in [0, 0.1) is 0 Å². The van der Waals surface area contributed by atoms with Crippen molar-refractivity contribution in [2.24, 2.45) is 0 Å². The number of carbonyl (C=O) groups is 1. The Labute approximate surface area is 185 Å². The van der Waals surface area contributed by atoms with Crippen molar-refractivity contribution in [1.29, 1.82) is 0 Å². The van der Waals surface area contributed by atoms with E-state index in [-0.39, 0.29) is 10.8 Å². The predicted octanol–water partition coefficient (Wildman–Crippen LogP) is 3.22. The fourth-order valence-corrected chi connectivity index (χ4v) is 5.93. The average Bonchev–Trinajstić information content (AvgIpc) is 3.29. The maximum atomic E-state index is 13.2. The molecule has 4 rings (SSSR count). The van der Waals surface area contributed by atoms with Crippen molar-refractivity contribution < 1.29 is 13.2 Å². The van der Waals surface area contributed by atoms with Crippen LogP contribution in [0.4, 0.5) is 5.69 Å². The topological polar surface area (TPSA) is 96.4 Å². The van der Waals surface area contributed by atoms with Crippen molar-refractivity contribution >= 4 is 33.0 Å². The number of amides is 1. The number of fused-ring (bicyclic) bond motifs is 1. The van der Waals surface area contributed by atoms with Crippen LogP contribution >= 0.6 is 11.3 Å². The average molecular weight is 458 g/mol. The SMILES string of the molecule is CCN(CC)S(=O)(=O)c1ccc2c(c1)CCCN2C(=O)c1csc(-c2ncccn2)n1. The molecule has 1 aliphatic rings. The molecule has 2 aromatic heterocycles. The van der Waals surface area contributed by atoms with Gasteiger partial charge in [0.15, 0.2) is 10.8 Å². The van der Waals surface area contributed by atoms with E-state index >= 15 is 0 Å². The number of carbonyl (C=O) groups excluding carboxylic acids is 1. The maximum absolute atomic E-state index is 13.2. The summed E-state index contributed by atoms with van der Waals surface area (Å²) in [6.07, 6.45) is 4.75. The van der Waals surface area contributed by atoms with Gasteiger partial charge in [-0.3, -0.25) is 4.79 Å². The van der Waals surface area contributed by atoms with Gasteiger partial charge >= 0.3 is 0 Å². The molecule has 0 spiro atoms. The Bertz CT molecular complexity index is 1190. The van der Waals surface area contributed by atoms with Gasteiger partial charge in [0.25, 0.3) is 5.91 Å². The van der Waals surface area contributed by atoms with Gasteiger partial charge in [0.1, 0.15) is 5.69 Å². The first-order valence-corrected chi connectivity index (χ1v) is 12.5. The predicted molar refractivity (Wildman–Crippen MR) is 120 cm³/mol. The van der Waals surface area contributed by atoms with Gasteiger partial charge in [-0.2, -0.15) is 4.31 Å². The molecular weight excluding hydrogens is 434 g/mol. The van der Waals surface area contributed by atoms with Crippen LogP contribution < -0.4 is 4.90 Å². The summed E-state index contributed by atoms with van der Waals surface area (Å²) >= 11 is 1.32. The minimum Gasteiger partial charge on any atom is -0.307 e. The van der Waals surface area contributed by atoms with Crippen LogP contribution in [0.2, 0.25) is 0 Å². The summed E-state index contributed by atoms with van der Waals surface area (Å²) in [6.45, 7) is 5.03. The molecule has 10 heteroatoms. The number of benzene rings is 1. The van der Waals surface area contributed by atoms with E-state index in [1.165, 1.54) is 15.6 Å². The summed E-state index contributed by atoms with van der Waals surface area (Å²) in [7, 11) is -3.55. The fourth-order valence-electron chi connectivity index (χ4n) is 3.68. The number of sulfonamides is 1. The van der Waals surface area contributed by atoms with Gasteiger partial charge in [0.05, 0.1) is 4.90 Å². The van der Waals surface area contributed by atoms with Crippen molar-refractivity contribution in [3.8, 4) is 10.8 Å². The van der Waals surface area contributed by atoms with Gasteiger partial charge in [0, 0.05) is 43.1 Å². The van der Waals surface area contributed by atoms with E-state index in [4.69, 9.17) is 0 Å². The van der Waals surface area contributed by atoms with E-state index < -0.39 is 10.0 Å². The molecule has 3 aromatic rings. The van der Waals surface area contributed by atoms with E-state index in [1.54, 1.807) is 46.9 Å². The molecule has 1 aliphatic heterocycles. The van der Waals surface area contributed by atoms with E-state index in [0.717, 1.165) is 24.1 Å². The van der Waals surface area contributed by atoms with Crippen LogP contribution in [0.1, 0.15) is 36.3 Å². The number of rotatable bonds is 6. The van der Waals surface area contributed by atoms with Gasteiger partial charge in [-0.1, -0.05) is 13.8 Å². The lowest BCUT2D eigenvalue weighted by atomic mass is 10.0. The highest BCUT2D eigenvalue weighted by molar-refractivity contribution is 7.89. The zero-order chi connectivity index (χ0) is 22.0. The quantitative estimate of drug-likeness (QED) is 0.564. The summed E-state index contributed by atoms with van der Waals surface area (Å²) in [4.78, 5) is 27.9. The van der Waals surface area contributed by atoms with Crippen molar-refractivity contribution in [2.75, 3.05) is 24.5 Å². The van der Waals surface area contributed by atoms with Gasteiger partial charge in [-0.15, -0.1) is 11.3 Å². The first-order chi connectivity index (χ1) is 15.0. The molecule has 3 heterocycles. The van der Waals surface area contributed by atoms with Crippen LogP contribution in [-0.4, -0.2) is 53.2 Å². The molecule has 0 radical (unpaired) electrons. The Morgan fingerprint density at radius 2 is 1.94 bits per heavy atom. The summed E-state index contributed by atoms with van der Waals surface area (Å²) in [6, 6.07) is 6.74. The second kappa shape index (κ2) is 8.81. The zero-order valence-corrected chi connectivity index (χ0v) is 19.0. The number of thiazole rings is 1. The largest absolute Gasteiger partial charge is 0.307 e. The van der Waals surface area contributed by atoms with E-state index in [2.05, 4.69) is 15.0 Å². The molecule has 162 valence electrons. The van der Waals surface area contributed by atoms with Crippen LogP contribution in [0.3, 0.4) is 0 Å². The van der Waals surface area contributed by atoms with E-state index in [0.29, 0.717) is 36.2 Å². The minimum atomic E-state index is -3.55. The Morgan fingerprint density at radius 3 is 2.65 bits per heavy atom. The maximum Gasteiger partial charge on any atom is 0.277 e. The molecule has 0 atom stereocenters. The number of anilines is 1. The molecule has 31 heavy (non-hydrogen) atoms. The van der Waals surface area contributed by atoms with Crippen LogP contribution in [0.5, 0.6) is 0 Å². The third kappa shape index (κ3) is 4.10. The summed E-state index contributed by atoms with van der Waals surface area (Å²) in [5.74, 6) is 0.274. The van der Waals surface area contributed by atoms with Crippen LogP contribution in [0.15, 0.2) is 46.9 Å². The highest BCUT2D eigenvalue weighted by atomic mass is 32.2. The Balaban J connectivity index is 1.63. The number of aromatic nitrogens is 3. The fraction of sp³-hybridized carbons (Fsp3) is 0.333. The van der Waals surface area contributed by atoms with Crippen LogP contribution in [0.25, 0.3) is 10.8 Å². The van der Waals surface area contributed by atoms with Crippen molar-refractivity contribution in [3.63, 3.8) is 0 Å². The Hall–Kier alpha value is -2.69. The molecule has 0 saturated heterocycles. The highest BCUT2D eigenvalue weighted by Gasteiger charge is 2.28. The molecule has 0 fully saturated rings. The smallest absolute Gasteiger partial charge is 0.277 e. The van der Waals surface area contributed by atoms with E-state index in [9.17, 15) is 13.2 Å². The van der Waals surface area contributed by atoms with Gasteiger partial charge < -0.3 is 4.90 Å². The van der Waals surface area contributed by atoms with E-state index in [1.807, 2.05) is 13.8 Å². The Morgan fingerprint density at radius 1 is 1.19 bits per heavy atom. The lowest BCUT2D eigenvalue weighted by Gasteiger charge is -2.29. The van der Waals surface area contributed by atoms with Crippen molar-refractivity contribution in [1.82, 2.24) is 19.3 Å². The monoisotopic (exact) mass is 457 g/mol. The first-order valence-electron chi connectivity index (χ1n) is 10.1. The minimum absolute atomic E-state index is 0.210. The molecule has 1 amide bonds. The number of hydrogen-bond acceptors (Lipinski definition) is 7. The molecule has 1 aromatic carbocycles. The van der Waals surface area contributed by atoms with Gasteiger partial charge in [0.2, 0.25) is 10.0 Å². The van der Waals surface area contributed by atoms with Crippen LogP contribution in [-0.2, 0) is 16.4 Å². The lowest BCUT2D eigenvalue weighted by molar-refractivity contribution is 0.0981. The molecule has 0 saturated carbocycles.